The Morgan fingerprint density at radius 2 is 1.85 bits per heavy atom. The number of carbonyl (C=O) groups is 3. The Balaban J connectivity index is 2.26. The Bertz CT molecular complexity index is 1180. The van der Waals surface area contributed by atoms with Gasteiger partial charge >= 0.3 is 5.97 Å². The highest BCUT2D eigenvalue weighted by Crippen LogP contribution is 2.34. The topological polar surface area (TPSA) is 93.5 Å². The maximum absolute atomic E-state index is 13.6. The second kappa shape index (κ2) is 10.5. The van der Waals surface area contributed by atoms with Crippen LogP contribution in [-0.2, 0) is 14.3 Å². The standard InChI is InChI=1S/C23H22Cl2N4O4/c1-4-33-23(32)14(2)28(3)22(31)19-20(26-13-30)27-21(17-7-5-6-8-18(17)25)29(19)16-11-9-15(24)10-12-16/h5-14H,4H2,1-3H3,(H,26,30). The third kappa shape index (κ3) is 5.02. The van der Waals surface area contributed by atoms with E-state index in [0.29, 0.717) is 33.5 Å². The molecule has 0 radical (unpaired) electrons. The lowest BCUT2D eigenvalue weighted by molar-refractivity contribution is -0.147. The van der Waals surface area contributed by atoms with Gasteiger partial charge < -0.3 is 15.0 Å². The number of hydrogen-bond donors (Lipinski definition) is 1. The minimum Gasteiger partial charge on any atom is -0.464 e. The Morgan fingerprint density at radius 1 is 1.18 bits per heavy atom. The van der Waals surface area contributed by atoms with Gasteiger partial charge in [-0.25, -0.2) is 9.78 Å². The summed E-state index contributed by atoms with van der Waals surface area (Å²) in [5, 5.41) is 3.40. The molecule has 8 nitrogen and oxygen atoms in total. The number of carbonyl (C=O) groups excluding carboxylic acids is 3. The van der Waals surface area contributed by atoms with Crippen LogP contribution >= 0.6 is 23.2 Å². The summed E-state index contributed by atoms with van der Waals surface area (Å²) in [6.45, 7) is 3.42. The van der Waals surface area contributed by atoms with Gasteiger partial charge in [0.25, 0.3) is 5.91 Å². The lowest BCUT2D eigenvalue weighted by Gasteiger charge is -2.24. The number of nitrogens with zero attached hydrogens (tertiary/aromatic N) is 3. The van der Waals surface area contributed by atoms with Crippen molar-refractivity contribution in [3.8, 4) is 17.1 Å². The van der Waals surface area contributed by atoms with E-state index in [1.165, 1.54) is 11.9 Å². The van der Waals surface area contributed by atoms with Gasteiger partial charge in [0.2, 0.25) is 6.41 Å². The van der Waals surface area contributed by atoms with E-state index in [-0.39, 0.29) is 18.1 Å². The molecular weight excluding hydrogens is 467 g/mol. The number of ether oxygens (including phenoxy) is 1. The molecule has 0 spiro atoms. The molecule has 1 unspecified atom stereocenters. The van der Waals surface area contributed by atoms with E-state index in [2.05, 4.69) is 10.3 Å². The van der Waals surface area contributed by atoms with Crippen LogP contribution in [0.3, 0.4) is 0 Å². The lowest BCUT2D eigenvalue weighted by atomic mass is 10.2. The summed E-state index contributed by atoms with van der Waals surface area (Å²) in [4.78, 5) is 43.0. The van der Waals surface area contributed by atoms with E-state index in [4.69, 9.17) is 27.9 Å². The predicted octanol–water partition coefficient (Wildman–Crippen LogP) is 4.44. The normalized spacial score (nSPS) is 11.5. The second-order valence-electron chi connectivity index (χ2n) is 7.03. The number of likely N-dealkylation sites (N-methyl/N-ethyl adjacent to an activating group) is 1. The third-order valence-corrected chi connectivity index (χ3v) is 5.59. The average molecular weight is 489 g/mol. The van der Waals surface area contributed by atoms with Crippen molar-refractivity contribution in [2.24, 2.45) is 0 Å². The zero-order valence-electron chi connectivity index (χ0n) is 18.2. The van der Waals surface area contributed by atoms with E-state index in [0.717, 1.165) is 0 Å². The van der Waals surface area contributed by atoms with Gasteiger partial charge in [-0.05, 0) is 50.2 Å². The average Bonchev–Trinajstić information content (AvgIpc) is 3.17. The van der Waals surface area contributed by atoms with Crippen LogP contribution in [0.1, 0.15) is 24.3 Å². The SMILES string of the molecule is CCOC(=O)C(C)N(C)C(=O)c1c(NC=O)nc(-c2ccccc2Cl)n1-c1ccc(Cl)cc1. The highest BCUT2D eigenvalue weighted by Gasteiger charge is 2.32. The first-order valence-electron chi connectivity index (χ1n) is 10.1. The number of rotatable bonds is 8. The van der Waals surface area contributed by atoms with Crippen molar-refractivity contribution in [2.45, 2.75) is 19.9 Å². The Kier molecular flexibility index (Phi) is 7.73. The van der Waals surface area contributed by atoms with E-state index in [1.54, 1.807) is 66.9 Å². The van der Waals surface area contributed by atoms with Crippen LogP contribution in [0.15, 0.2) is 48.5 Å². The summed E-state index contributed by atoms with van der Waals surface area (Å²) in [5.41, 5.74) is 1.14. The molecule has 33 heavy (non-hydrogen) atoms. The monoisotopic (exact) mass is 488 g/mol. The highest BCUT2D eigenvalue weighted by atomic mass is 35.5. The number of imidazole rings is 1. The van der Waals surface area contributed by atoms with Gasteiger partial charge in [0, 0.05) is 23.3 Å². The molecule has 2 amide bonds. The van der Waals surface area contributed by atoms with Crippen molar-refractivity contribution < 1.29 is 19.1 Å². The Hall–Kier alpha value is -3.36. The molecule has 10 heteroatoms. The molecule has 172 valence electrons. The van der Waals surface area contributed by atoms with Gasteiger partial charge in [-0.3, -0.25) is 14.2 Å². The maximum atomic E-state index is 13.6. The van der Waals surface area contributed by atoms with Crippen LogP contribution < -0.4 is 5.32 Å². The first-order valence-corrected chi connectivity index (χ1v) is 10.8. The summed E-state index contributed by atoms with van der Waals surface area (Å²) in [7, 11) is 1.48. The number of anilines is 1. The Morgan fingerprint density at radius 3 is 2.45 bits per heavy atom. The number of halogens is 2. The molecule has 1 atom stereocenters. The Labute approximate surface area is 201 Å². The van der Waals surface area contributed by atoms with Crippen LogP contribution in [0, 0.1) is 0 Å². The molecule has 2 aromatic carbocycles. The molecule has 3 rings (SSSR count). The summed E-state index contributed by atoms with van der Waals surface area (Å²) >= 11 is 12.5. The van der Waals surface area contributed by atoms with Crippen LogP contribution in [0.25, 0.3) is 17.1 Å². The zero-order valence-corrected chi connectivity index (χ0v) is 19.7. The van der Waals surface area contributed by atoms with Gasteiger partial charge in [-0.1, -0.05) is 35.3 Å². The summed E-state index contributed by atoms with van der Waals surface area (Å²) < 4.78 is 6.62. The van der Waals surface area contributed by atoms with Crippen LogP contribution in [0.4, 0.5) is 5.82 Å². The fourth-order valence-electron chi connectivity index (χ4n) is 3.20. The summed E-state index contributed by atoms with van der Waals surface area (Å²) in [6.07, 6.45) is 0.427. The maximum Gasteiger partial charge on any atom is 0.328 e. The fraction of sp³-hybridized carbons (Fsp3) is 0.217. The number of nitrogens with one attached hydrogen (secondary N) is 1. The largest absolute Gasteiger partial charge is 0.464 e. The first-order chi connectivity index (χ1) is 15.8. The molecule has 0 saturated heterocycles. The number of esters is 1. The van der Waals surface area contributed by atoms with Crippen molar-refractivity contribution in [2.75, 3.05) is 19.0 Å². The number of aromatic nitrogens is 2. The number of amides is 2. The van der Waals surface area contributed by atoms with Gasteiger partial charge in [-0.2, -0.15) is 0 Å². The van der Waals surface area contributed by atoms with E-state index in [9.17, 15) is 14.4 Å². The molecule has 0 fully saturated rings. The number of hydrogen-bond acceptors (Lipinski definition) is 5. The first kappa shape index (κ1) is 24.3. The molecule has 1 N–H and O–H groups in total. The van der Waals surface area contributed by atoms with Gasteiger partial charge in [-0.15, -0.1) is 0 Å². The van der Waals surface area contributed by atoms with Crippen LogP contribution in [-0.4, -0.2) is 52.4 Å². The minimum absolute atomic E-state index is 0.0165. The summed E-state index contributed by atoms with van der Waals surface area (Å²) in [6, 6.07) is 12.9. The van der Waals surface area contributed by atoms with E-state index in [1.807, 2.05) is 0 Å². The van der Waals surface area contributed by atoms with Crippen molar-refractivity contribution >= 4 is 47.3 Å². The molecule has 0 saturated carbocycles. The summed E-state index contributed by atoms with van der Waals surface area (Å²) in [5.74, 6) is -0.765. The lowest BCUT2D eigenvalue weighted by Crippen LogP contribution is -2.42. The highest BCUT2D eigenvalue weighted by molar-refractivity contribution is 6.33. The van der Waals surface area contributed by atoms with Crippen molar-refractivity contribution in [3.05, 3.63) is 64.3 Å². The van der Waals surface area contributed by atoms with Crippen LogP contribution in [0.2, 0.25) is 10.0 Å². The van der Waals surface area contributed by atoms with Crippen molar-refractivity contribution in [1.82, 2.24) is 14.5 Å². The second-order valence-corrected chi connectivity index (χ2v) is 7.87. The third-order valence-electron chi connectivity index (χ3n) is 5.00. The minimum atomic E-state index is -0.876. The van der Waals surface area contributed by atoms with Gasteiger partial charge in [0.15, 0.2) is 11.5 Å². The van der Waals surface area contributed by atoms with E-state index < -0.39 is 17.9 Å². The van der Waals surface area contributed by atoms with E-state index >= 15 is 0 Å². The molecule has 1 aromatic heterocycles. The quantitative estimate of drug-likeness (QED) is 0.373. The van der Waals surface area contributed by atoms with Gasteiger partial charge in [0.05, 0.1) is 11.6 Å². The molecule has 0 aliphatic carbocycles. The molecule has 1 heterocycles. The smallest absolute Gasteiger partial charge is 0.328 e. The molecular formula is C23H22Cl2N4O4. The molecule has 0 bridgehead atoms. The van der Waals surface area contributed by atoms with Crippen LogP contribution in [0.5, 0.6) is 0 Å². The van der Waals surface area contributed by atoms with Crippen molar-refractivity contribution in [3.63, 3.8) is 0 Å². The predicted molar refractivity (Wildman–Crippen MR) is 127 cm³/mol. The van der Waals surface area contributed by atoms with Crippen molar-refractivity contribution in [1.29, 1.82) is 0 Å². The van der Waals surface area contributed by atoms with Gasteiger partial charge in [0.1, 0.15) is 11.9 Å². The zero-order chi connectivity index (χ0) is 24.1. The molecule has 0 aliphatic rings. The fourth-order valence-corrected chi connectivity index (χ4v) is 3.55. The molecule has 0 aliphatic heterocycles. The number of benzene rings is 2. The molecule has 3 aromatic rings.